The van der Waals surface area contributed by atoms with Gasteiger partial charge in [0.2, 0.25) is 0 Å². The minimum atomic E-state index is -4.49. The summed E-state index contributed by atoms with van der Waals surface area (Å²) in [5.41, 5.74) is 3.24. The van der Waals surface area contributed by atoms with Gasteiger partial charge in [-0.2, -0.15) is 23.4 Å². The maximum Gasteiger partial charge on any atom is 0.418 e. The topological polar surface area (TPSA) is 42.2 Å². The van der Waals surface area contributed by atoms with Crippen molar-refractivity contribution in [3.63, 3.8) is 0 Å². The fourth-order valence-electron chi connectivity index (χ4n) is 2.58. The summed E-state index contributed by atoms with van der Waals surface area (Å²) in [6.07, 6.45) is -3.17. The van der Waals surface area contributed by atoms with E-state index in [1.54, 1.807) is 19.1 Å². The summed E-state index contributed by atoms with van der Waals surface area (Å²) in [5, 5.41) is 8.45. The van der Waals surface area contributed by atoms with Gasteiger partial charge in [-0.05, 0) is 36.8 Å². The van der Waals surface area contributed by atoms with E-state index < -0.39 is 11.7 Å². The zero-order valence-corrected chi connectivity index (χ0v) is 15.4. The first-order valence-electron chi connectivity index (χ1n) is 8.18. The molecule has 0 unspecified atom stereocenters. The van der Waals surface area contributed by atoms with Crippen LogP contribution in [0.2, 0.25) is 5.15 Å². The Hall–Kier alpha value is -2.87. The quantitative estimate of drug-likeness (QED) is 0.343. The molecule has 4 nitrogen and oxygen atoms in total. The third-order valence-electron chi connectivity index (χ3n) is 3.97. The van der Waals surface area contributed by atoms with E-state index >= 15 is 0 Å². The molecule has 146 valence electrons. The highest BCUT2D eigenvalue weighted by atomic mass is 35.5. The van der Waals surface area contributed by atoms with Gasteiger partial charge >= 0.3 is 6.18 Å². The van der Waals surface area contributed by atoms with Crippen LogP contribution in [0.15, 0.2) is 53.6 Å². The van der Waals surface area contributed by atoms with Crippen LogP contribution in [0.25, 0.3) is 0 Å². The molecule has 3 rings (SSSR count). The number of alkyl halides is 3. The van der Waals surface area contributed by atoms with Crippen molar-refractivity contribution in [2.45, 2.75) is 19.6 Å². The van der Waals surface area contributed by atoms with Crippen LogP contribution in [0.5, 0.6) is 0 Å². The molecule has 3 aromatic rings. The van der Waals surface area contributed by atoms with Crippen molar-refractivity contribution in [3.8, 4) is 0 Å². The minimum Gasteiger partial charge on any atom is -0.278 e. The standard InChI is InChI=1S/C19H15ClF4N4/c1-12-15(10-25-26-17-5-3-2-4-16(17)19(22,23)24)18(20)28(27-12)11-13-6-8-14(21)9-7-13/h2-10,26H,11H2,1H3. The van der Waals surface area contributed by atoms with Gasteiger partial charge in [-0.1, -0.05) is 35.9 Å². The summed E-state index contributed by atoms with van der Waals surface area (Å²) in [4.78, 5) is 0. The number of aryl methyl sites for hydroxylation is 1. The van der Waals surface area contributed by atoms with E-state index in [0.29, 0.717) is 17.8 Å². The highest BCUT2D eigenvalue weighted by Crippen LogP contribution is 2.34. The van der Waals surface area contributed by atoms with Crippen molar-refractivity contribution in [2.24, 2.45) is 5.10 Å². The number of benzene rings is 2. The number of hydrogen-bond donors (Lipinski definition) is 1. The van der Waals surface area contributed by atoms with Crippen molar-refractivity contribution in [1.29, 1.82) is 0 Å². The molecule has 0 saturated carbocycles. The van der Waals surface area contributed by atoms with Gasteiger partial charge in [-0.15, -0.1) is 0 Å². The molecule has 1 aromatic heterocycles. The van der Waals surface area contributed by atoms with E-state index in [1.165, 1.54) is 41.2 Å². The Morgan fingerprint density at radius 1 is 1.14 bits per heavy atom. The van der Waals surface area contributed by atoms with Gasteiger partial charge in [-0.25, -0.2) is 9.07 Å². The second-order valence-electron chi connectivity index (χ2n) is 5.99. The molecule has 0 radical (unpaired) electrons. The van der Waals surface area contributed by atoms with E-state index in [-0.39, 0.29) is 16.7 Å². The largest absolute Gasteiger partial charge is 0.418 e. The van der Waals surface area contributed by atoms with Crippen molar-refractivity contribution in [2.75, 3.05) is 5.43 Å². The lowest BCUT2D eigenvalue weighted by Crippen LogP contribution is -2.08. The second-order valence-corrected chi connectivity index (χ2v) is 6.35. The number of halogens is 5. The Labute approximate surface area is 163 Å². The van der Waals surface area contributed by atoms with Crippen LogP contribution >= 0.6 is 11.6 Å². The van der Waals surface area contributed by atoms with Gasteiger partial charge in [0.25, 0.3) is 0 Å². The molecule has 0 aliphatic carbocycles. The van der Waals surface area contributed by atoms with Crippen molar-refractivity contribution >= 4 is 23.5 Å². The Bertz CT molecular complexity index is 994. The molecule has 9 heteroatoms. The maximum absolute atomic E-state index is 13.0. The third kappa shape index (κ3) is 4.51. The molecule has 0 atom stereocenters. The number of anilines is 1. The fourth-order valence-corrected chi connectivity index (χ4v) is 2.86. The van der Waals surface area contributed by atoms with Crippen molar-refractivity contribution < 1.29 is 17.6 Å². The summed E-state index contributed by atoms with van der Waals surface area (Å²) in [6, 6.07) is 10.9. The highest BCUT2D eigenvalue weighted by molar-refractivity contribution is 6.32. The van der Waals surface area contributed by atoms with E-state index in [4.69, 9.17) is 11.6 Å². The Morgan fingerprint density at radius 3 is 2.50 bits per heavy atom. The highest BCUT2D eigenvalue weighted by Gasteiger charge is 2.33. The zero-order valence-electron chi connectivity index (χ0n) is 14.6. The molecular formula is C19H15ClF4N4. The number of hydrazone groups is 1. The predicted octanol–water partition coefficient (Wildman–Crippen LogP) is 5.50. The summed E-state index contributed by atoms with van der Waals surface area (Å²) >= 11 is 6.32. The smallest absolute Gasteiger partial charge is 0.278 e. The van der Waals surface area contributed by atoms with Crippen LogP contribution < -0.4 is 5.43 Å². The zero-order chi connectivity index (χ0) is 20.3. The van der Waals surface area contributed by atoms with E-state index in [1.807, 2.05) is 0 Å². The average Bonchev–Trinajstić information content (AvgIpc) is 2.90. The molecule has 0 aliphatic heterocycles. The normalized spacial score (nSPS) is 11.9. The maximum atomic E-state index is 13.0. The number of hydrogen-bond acceptors (Lipinski definition) is 3. The molecule has 1 N–H and O–H groups in total. The Balaban J connectivity index is 1.78. The van der Waals surface area contributed by atoms with Crippen LogP contribution in [0.1, 0.15) is 22.4 Å². The van der Waals surface area contributed by atoms with Gasteiger partial charge in [0.1, 0.15) is 11.0 Å². The van der Waals surface area contributed by atoms with Crippen LogP contribution in [0.3, 0.4) is 0 Å². The molecule has 1 heterocycles. The first-order valence-corrected chi connectivity index (χ1v) is 8.56. The lowest BCUT2D eigenvalue weighted by molar-refractivity contribution is -0.136. The van der Waals surface area contributed by atoms with Gasteiger partial charge < -0.3 is 0 Å². The summed E-state index contributed by atoms with van der Waals surface area (Å²) in [7, 11) is 0. The molecular weight excluding hydrogens is 396 g/mol. The Morgan fingerprint density at radius 2 is 1.82 bits per heavy atom. The lowest BCUT2D eigenvalue weighted by atomic mass is 10.2. The summed E-state index contributed by atoms with van der Waals surface area (Å²) < 4.78 is 53.6. The van der Waals surface area contributed by atoms with Crippen LogP contribution in [0.4, 0.5) is 23.2 Å². The number of nitrogens with zero attached hydrogens (tertiary/aromatic N) is 3. The van der Waals surface area contributed by atoms with E-state index in [2.05, 4.69) is 15.6 Å². The van der Waals surface area contributed by atoms with Crippen LogP contribution in [0, 0.1) is 12.7 Å². The number of nitrogens with one attached hydrogen (secondary N) is 1. The monoisotopic (exact) mass is 410 g/mol. The van der Waals surface area contributed by atoms with Crippen LogP contribution in [-0.4, -0.2) is 16.0 Å². The number of rotatable bonds is 5. The van der Waals surface area contributed by atoms with E-state index in [9.17, 15) is 17.6 Å². The van der Waals surface area contributed by atoms with Crippen LogP contribution in [-0.2, 0) is 12.7 Å². The molecule has 0 aliphatic rings. The van der Waals surface area contributed by atoms with Gasteiger partial charge in [-0.3, -0.25) is 5.43 Å². The first-order chi connectivity index (χ1) is 13.3. The SMILES string of the molecule is Cc1nn(Cc2ccc(F)cc2)c(Cl)c1C=NNc1ccccc1C(F)(F)F. The van der Waals surface area contributed by atoms with Gasteiger partial charge in [0.05, 0.1) is 35.3 Å². The van der Waals surface area contributed by atoms with E-state index in [0.717, 1.165) is 11.6 Å². The molecule has 0 saturated heterocycles. The molecule has 28 heavy (non-hydrogen) atoms. The molecule has 0 amide bonds. The minimum absolute atomic E-state index is 0.168. The second kappa shape index (κ2) is 8.02. The molecule has 0 bridgehead atoms. The molecule has 0 fully saturated rings. The molecule has 0 spiro atoms. The first kappa shape index (κ1) is 19.9. The fraction of sp³-hybridized carbons (Fsp3) is 0.158. The summed E-state index contributed by atoms with van der Waals surface area (Å²) in [5.74, 6) is -0.343. The van der Waals surface area contributed by atoms with Gasteiger partial charge in [0.15, 0.2) is 0 Å². The number of aromatic nitrogens is 2. The molecule has 2 aromatic carbocycles. The predicted molar refractivity (Wildman–Crippen MR) is 100 cm³/mol. The van der Waals surface area contributed by atoms with Gasteiger partial charge in [0, 0.05) is 0 Å². The Kier molecular flexibility index (Phi) is 5.69. The lowest BCUT2D eigenvalue weighted by Gasteiger charge is -2.11. The number of para-hydroxylation sites is 1. The summed E-state index contributed by atoms with van der Waals surface area (Å²) in [6.45, 7) is 2.02. The average molecular weight is 411 g/mol. The van der Waals surface area contributed by atoms with Crippen molar-refractivity contribution in [1.82, 2.24) is 9.78 Å². The third-order valence-corrected chi connectivity index (χ3v) is 4.36. The van der Waals surface area contributed by atoms with Crippen molar-refractivity contribution in [3.05, 3.63) is 81.9 Å².